The molecule has 1 atom stereocenters. The minimum Gasteiger partial charge on any atom is -0.480 e. The Morgan fingerprint density at radius 2 is 2.03 bits per heavy atom. The van der Waals surface area contributed by atoms with Crippen LogP contribution in [0.15, 0.2) is 29.4 Å². The van der Waals surface area contributed by atoms with Crippen molar-refractivity contribution in [2.75, 3.05) is 26.2 Å². The molecule has 0 aromatic heterocycles. The summed E-state index contributed by atoms with van der Waals surface area (Å²) in [5.41, 5.74) is 2.90. The van der Waals surface area contributed by atoms with E-state index in [2.05, 4.69) is 17.4 Å². The first-order chi connectivity index (χ1) is 14.0. The number of piperidine rings is 1. The van der Waals surface area contributed by atoms with Crippen LogP contribution in [0.3, 0.4) is 0 Å². The molecular weight excluding hydrogens is 368 g/mol. The van der Waals surface area contributed by atoms with Crippen molar-refractivity contribution in [2.45, 2.75) is 51.6 Å². The SMILES string of the molecule is CCCCNC(=N)c1ccc(C2=NOC(CC3CCN(CC(=O)O)CC3)C2)cc1. The van der Waals surface area contributed by atoms with E-state index in [9.17, 15) is 4.79 Å². The molecule has 29 heavy (non-hydrogen) atoms. The molecule has 3 rings (SSSR count). The van der Waals surface area contributed by atoms with Gasteiger partial charge in [-0.1, -0.05) is 42.8 Å². The van der Waals surface area contributed by atoms with E-state index in [0.29, 0.717) is 11.8 Å². The quantitative estimate of drug-likeness (QED) is 0.336. The number of nitrogens with zero attached hydrogens (tertiary/aromatic N) is 2. The molecule has 1 saturated heterocycles. The molecule has 0 radical (unpaired) electrons. The minimum absolute atomic E-state index is 0.106. The molecule has 0 bridgehead atoms. The van der Waals surface area contributed by atoms with Gasteiger partial charge in [-0.05, 0) is 50.3 Å². The Bertz CT molecular complexity index is 724. The molecule has 1 unspecified atom stereocenters. The summed E-state index contributed by atoms with van der Waals surface area (Å²) in [5.74, 6) is 0.275. The molecule has 0 amide bonds. The topological polar surface area (TPSA) is 98.0 Å². The summed E-state index contributed by atoms with van der Waals surface area (Å²) in [6, 6.07) is 7.95. The number of benzene rings is 1. The van der Waals surface area contributed by atoms with Crippen molar-refractivity contribution in [3.8, 4) is 0 Å². The van der Waals surface area contributed by atoms with E-state index >= 15 is 0 Å². The number of oxime groups is 1. The lowest BCUT2D eigenvalue weighted by molar-refractivity contribution is -0.138. The zero-order valence-electron chi connectivity index (χ0n) is 17.2. The molecule has 2 aliphatic heterocycles. The van der Waals surface area contributed by atoms with Crippen molar-refractivity contribution in [3.63, 3.8) is 0 Å². The van der Waals surface area contributed by atoms with Crippen LogP contribution in [0.2, 0.25) is 0 Å². The largest absolute Gasteiger partial charge is 0.480 e. The molecule has 0 saturated carbocycles. The fourth-order valence-corrected chi connectivity index (χ4v) is 3.99. The molecule has 2 heterocycles. The Labute approximate surface area is 172 Å². The Kier molecular flexibility index (Phi) is 7.63. The first kappa shape index (κ1) is 21.3. The summed E-state index contributed by atoms with van der Waals surface area (Å²) in [4.78, 5) is 18.5. The van der Waals surface area contributed by atoms with Gasteiger partial charge < -0.3 is 15.3 Å². The fourth-order valence-electron chi connectivity index (χ4n) is 3.99. The van der Waals surface area contributed by atoms with Gasteiger partial charge in [0.1, 0.15) is 11.9 Å². The van der Waals surface area contributed by atoms with Crippen molar-refractivity contribution in [2.24, 2.45) is 11.1 Å². The predicted octanol–water partition coefficient (Wildman–Crippen LogP) is 3.08. The highest BCUT2D eigenvalue weighted by atomic mass is 16.6. The lowest BCUT2D eigenvalue weighted by Crippen LogP contribution is -2.38. The summed E-state index contributed by atoms with van der Waals surface area (Å²) in [7, 11) is 0. The van der Waals surface area contributed by atoms with Crippen LogP contribution in [0.5, 0.6) is 0 Å². The zero-order chi connectivity index (χ0) is 20.6. The number of nitrogens with one attached hydrogen (secondary N) is 2. The van der Waals surface area contributed by atoms with Gasteiger partial charge in [0, 0.05) is 18.5 Å². The number of carbonyl (C=O) groups is 1. The first-order valence-corrected chi connectivity index (χ1v) is 10.6. The molecule has 1 fully saturated rings. The number of hydrogen-bond donors (Lipinski definition) is 3. The molecule has 0 aliphatic carbocycles. The maximum atomic E-state index is 10.8. The van der Waals surface area contributed by atoms with Crippen molar-refractivity contribution in [1.29, 1.82) is 5.41 Å². The molecule has 158 valence electrons. The van der Waals surface area contributed by atoms with Gasteiger partial charge in [0.2, 0.25) is 0 Å². The van der Waals surface area contributed by atoms with E-state index in [1.165, 1.54) is 0 Å². The van der Waals surface area contributed by atoms with Crippen molar-refractivity contribution < 1.29 is 14.7 Å². The van der Waals surface area contributed by atoms with E-state index in [0.717, 1.165) is 75.0 Å². The third kappa shape index (κ3) is 6.29. The summed E-state index contributed by atoms with van der Waals surface area (Å²) >= 11 is 0. The molecule has 7 heteroatoms. The Balaban J connectivity index is 1.43. The van der Waals surface area contributed by atoms with Crippen LogP contribution in [0.4, 0.5) is 0 Å². The van der Waals surface area contributed by atoms with Crippen LogP contribution in [0, 0.1) is 11.3 Å². The zero-order valence-corrected chi connectivity index (χ0v) is 17.2. The molecule has 2 aliphatic rings. The molecule has 1 aromatic rings. The van der Waals surface area contributed by atoms with Crippen molar-refractivity contribution >= 4 is 17.5 Å². The predicted molar refractivity (Wildman–Crippen MR) is 114 cm³/mol. The third-order valence-corrected chi connectivity index (χ3v) is 5.73. The molecule has 0 spiro atoms. The number of carboxylic acid groups (broad SMARTS) is 1. The smallest absolute Gasteiger partial charge is 0.317 e. The number of hydrogen-bond acceptors (Lipinski definition) is 5. The van der Waals surface area contributed by atoms with Gasteiger partial charge in [-0.25, -0.2) is 0 Å². The lowest BCUT2D eigenvalue weighted by atomic mass is 9.89. The Hall–Kier alpha value is -2.41. The standard InChI is InChI=1S/C22H32N4O3/c1-2-3-10-24-22(23)18-6-4-17(5-7-18)20-14-19(29-25-20)13-16-8-11-26(12-9-16)15-21(27)28/h4-7,16,19H,2-3,8-15H2,1H3,(H2,23,24)(H,27,28). The van der Waals surface area contributed by atoms with Crippen molar-refractivity contribution in [1.82, 2.24) is 10.2 Å². The summed E-state index contributed by atoms with van der Waals surface area (Å²) in [5, 5.41) is 24.5. The van der Waals surface area contributed by atoms with E-state index in [4.69, 9.17) is 15.4 Å². The number of aliphatic carboxylic acids is 1. The number of rotatable bonds is 9. The highest BCUT2D eigenvalue weighted by Gasteiger charge is 2.28. The van der Waals surface area contributed by atoms with Crippen LogP contribution in [-0.4, -0.2) is 59.8 Å². The maximum Gasteiger partial charge on any atom is 0.317 e. The van der Waals surface area contributed by atoms with Gasteiger partial charge in [-0.15, -0.1) is 0 Å². The minimum atomic E-state index is -0.751. The van der Waals surface area contributed by atoms with E-state index in [1.807, 2.05) is 29.2 Å². The molecule has 3 N–H and O–H groups in total. The van der Waals surface area contributed by atoms with Crippen LogP contribution in [0.25, 0.3) is 0 Å². The summed E-state index contributed by atoms with van der Waals surface area (Å²) in [6.07, 6.45) is 6.10. The number of carboxylic acids is 1. The van der Waals surface area contributed by atoms with Crippen LogP contribution in [-0.2, 0) is 9.63 Å². The van der Waals surface area contributed by atoms with Gasteiger partial charge in [0.05, 0.1) is 12.3 Å². The van der Waals surface area contributed by atoms with E-state index < -0.39 is 5.97 Å². The molecular formula is C22H32N4O3. The van der Waals surface area contributed by atoms with Crippen LogP contribution < -0.4 is 5.32 Å². The summed E-state index contributed by atoms with van der Waals surface area (Å²) < 4.78 is 0. The molecule has 7 nitrogen and oxygen atoms in total. The monoisotopic (exact) mass is 400 g/mol. The fraction of sp³-hybridized carbons (Fsp3) is 0.591. The van der Waals surface area contributed by atoms with Gasteiger partial charge in [0.25, 0.3) is 0 Å². The van der Waals surface area contributed by atoms with Gasteiger partial charge in [-0.3, -0.25) is 15.1 Å². The van der Waals surface area contributed by atoms with Crippen LogP contribution in [0.1, 0.15) is 56.6 Å². The second kappa shape index (κ2) is 10.4. The Morgan fingerprint density at radius 3 is 2.69 bits per heavy atom. The second-order valence-electron chi connectivity index (χ2n) is 8.05. The van der Waals surface area contributed by atoms with E-state index in [-0.39, 0.29) is 12.6 Å². The number of unbranched alkanes of at least 4 members (excludes halogenated alkanes) is 1. The van der Waals surface area contributed by atoms with Crippen LogP contribution >= 0.6 is 0 Å². The van der Waals surface area contributed by atoms with Crippen molar-refractivity contribution in [3.05, 3.63) is 35.4 Å². The summed E-state index contributed by atoms with van der Waals surface area (Å²) in [6.45, 7) is 4.80. The first-order valence-electron chi connectivity index (χ1n) is 10.6. The highest BCUT2D eigenvalue weighted by Crippen LogP contribution is 2.28. The number of amidine groups is 1. The van der Waals surface area contributed by atoms with Gasteiger partial charge in [-0.2, -0.15) is 0 Å². The molecule has 1 aromatic carbocycles. The number of likely N-dealkylation sites (tertiary alicyclic amines) is 1. The maximum absolute atomic E-state index is 10.8. The average molecular weight is 401 g/mol. The normalized spacial score (nSPS) is 20.2. The highest BCUT2D eigenvalue weighted by molar-refractivity contribution is 6.02. The second-order valence-corrected chi connectivity index (χ2v) is 8.05. The average Bonchev–Trinajstić information content (AvgIpc) is 3.18. The third-order valence-electron chi connectivity index (χ3n) is 5.73. The lowest BCUT2D eigenvalue weighted by Gasteiger charge is -2.31. The van der Waals surface area contributed by atoms with Gasteiger partial charge in [0.15, 0.2) is 0 Å². The van der Waals surface area contributed by atoms with Gasteiger partial charge >= 0.3 is 5.97 Å². The van der Waals surface area contributed by atoms with E-state index in [1.54, 1.807) is 0 Å². The Morgan fingerprint density at radius 1 is 1.31 bits per heavy atom.